The molecule has 2 heterocycles. The lowest BCUT2D eigenvalue weighted by Crippen LogP contribution is -2.37. The van der Waals surface area contributed by atoms with Gasteiger partial charge >= 0.3 is 0 Å². The minimum Gasteiger partial charge on any atom is -0.378 e. The molecular formula is C10H19NO4S. The molecular weight excluding hydrogens is 230 g/mol. The molecule has 0 amide bonds. The van der Waals surface area contributed by atoms with Crippen molar-refractivity contribution in [3.63, 3.8) is 0 Å². The van der Waals surface area contributed by atoms with Gasteiger partial charge in [-0.15, -0.1) is 0 Å². The Labute approximate surface area is 96.6 Å². The van der Waals surface area contributed by atoms with Gasteiger partial charge in [0, 0.05) is 25.6 Å². The predicted octanol–water partition coefficient (Wildman–Crippen LogP) is 0.120. The van der Waals surface area contributed by atoms with Crippen LogP contribution in [0.2, 0.25) is 0 Å². The van der Waals surface area contributed by atoms with E-state index in [1.165, 1.54) is 0 Å². The summed E-state index contributed by atoms with van der Waals surface area (Å²) in [7, 11) is -3.44. The maximum Gasteiger partial charge on any atom is 0.271 e. The minimum absolute atomic E-state index is 0.0408. The molecule has 5 nitrogen and oxygen atoms in total. The second kappa shape index (κ2) is 5.00. The summed E-state index contributed by atoms with van der Waals surface area (Å²) in [6.07, 6.45) is 2.07. The summed E-state index contributed by atoms with van der Waals surface area (Å²) in [5.41, 5.74) is 0. The summed E-state index contributed by atoms with van der Waals surface area (Å²) >= 11 is 0. The predicted molar refractivity (Wildman–Crippen MR) is 59.7 cm³/mol. The molecule has 0 saturated carbocycles. The van der Waals surface area contributed by atoms with Crippen molar-refractivity contribution in [2.75, 3.05) is 26.3 Å². The highest BCUT2D eigenvalue weighted by Gasteiger charge is 2.43. The lowest BCUT2D eigenvalue weighted by Gasteiger charge is -2.23. The van der Waals surface area contributed by atoms with E-state index >= 15 is 0 Å². The van der Waals surface area contributed by atoms with Crippen LogP contribution in [0.4, 0.5) is 0 Å². The number of hydrogen-bond donors (Lipinski definition) is 1. The van der Waals surface area contributed by atoms with Gasteiger partial charge in [0.1, 0.15) is 5.25 Å². The van der Waals surface area contributed by atoms with Crippen LogP contribution in [0.1, 0.15) is 19.8 Å². The molecule has 0 bridgehead atoms. The molecule has 2 saturated heterocycles. The van der Waals surface area contributed by atoms with E-state index in [1.807, 2.05) is 0 Å². The van der Waals surface area contributed by atoms with Gasteiger partial charge in [-0.05, 0) is 19.8 Å². The van der Waals surface area contributed by atoms with Crippen molar-refractivity contribution < 1.29 is 17.3 Å². The smallest absolute Gasteiger partial charge is 0.271 e. The molecule has 2 aliphatic heterocycles. The first-order valence-electron chi connectivity index (χ1n) is 5.85. The zero-order chi connectivity index (χ0) is 11.6. The van der Waals surface area contributed by atoms with Crippen LogP contribution in [-0.4, -0.2) is 46.1 Å². The first-order chi connectivity index (χ1) is 7.65. The Kier molecular flexibility index (Phi) is 3.84. The van der Waals surface area contributed by atoms with Crippen molar-refractivity contribution >= 4 is 10.1 Å². The van der Waals surface area contributed by atoms with Crippen LogP contribution in [0.25, 0.3) is 0 Å². The highest BCUT2D eigenvalue weighted by molar-refractivity contribution is 7.87. The van der Waals surface area contributed by atoms with Gasteiger partial charge in [-0.3, -0.25) is 4.18 Å². The summed E-state index contributed by atoms with van der Waals surface area (Å²) in [4.78, 5) is 0. The van der Waals surface area contributed by atoms with Crippen molar-refractivity contribution in [1.82, 2.24) is 5.32 Å². The normalized spacial score (nSPS) is 35.7. The monoisotopic (exact) mass is 249 g/mol. The molecule has 0 aromatic carbocycles. The Bertz CT molecular complexity index is 324. The Balaban J connectivity index is 2.08. The Hall–Kier alpha value is -0.170. The molecule has 0 spiro atoms. The lowest BCUT2D eigenvalue weighted by atomic mass is 9.99. The topological polar surface area (TPSA) is 64.6 Å². The SMILES string of the molecule is CCOS(=O)(=O)C1CNCC1C1CCCO1. The van der Waals surface area contributed by atoms with E-state index in [0.717, 1.165) is 19.4 Å². The highest BCUT2D eigenvalue weighted by atomic mass is 32.2. The van der Waals surface area contributed by atoms with Crippen LogP contribution >= 0.6 is 0 Å². The van der Waals surface area contributed by atoms with Gasteiger partial charge in [-0.2, -0.15) is 8.42 Å². The van der Waals surface area contributed by atoms with Crippen LogP contribution in [-0.2, 0) is 19.0 Å². The third-order valence-corrected chi connectivity index (χ3v) is 5.12. The molecule has 2 aliphatic rings. The average molecular weight is 249 g/mol. The van der Waals surface area contributed by atoms with Gasteiger partial charge in [0.15, 0.2) is 0 Å². The molecule has 3 atom stereocenters. The van der Waals surface area contributed by atoms with Crippen LogP contribution in [0.5, 0.6) is 0 Å². The molecule has 0 radical (unpaired) electrons. The zero-order valence-corrected chi connectivity index (χ0v) is 10.3. The fourth-order valence-electron chi connectivity index (χ4n) is 2.55. The van der Waals surface area contributed by atoms with Crippen molar-refractivity contribution in [3.8, 4) is 0 Å². The number of rotatable bonds is 4. The van der Waals surface area contributed by atoms with Crippen molar-refractivity contribution in [2.24, 2.45) is 5.92 Å². The van der Waals surface area contributed by atoms with Gasteiger partial charge < -0.3 is 10.1 Å². The molecule has 2 rings (SSSR count). The van der Waals surface area contributed by atoms with Gasteiger partial charge in [0.25, 0.3) is 10.1 Å². The fraction of sp³-hybridized carbons (Fsp3) is 1.00. The van der Waals surface area contributed by atoms with E-state index in [2.05, 4.69) is 5.32 Å². The van der Waals surface area contributed by atoms with Crippen molar-refractivity contribution in [2.45, 2.75) is 31.1 Å². The largest absolute Gasteiger partial charge is 0.378 e. The minimum atomic E-state index is -3.44. The molecule has 3 unspecified atom stereocenters. The Morgan fingerprint density at radius 2 is 2.25 bits per heavy atom. The number of hydrogen-bond acceptors (Lipinski definition) is 5. The van der Waals surface area contributed by atoms with E-state index in [0.29, 0.717) is 13.1 Å². The second-order valence-corrected chi connectivity index (χ2v) is 6.14. The van der Waals surface area contributed by atoms with Gasteiger partial charge in [0.05, 0.1) is 12.7 Å². The number of nitrogens with one attached hydrogen (secondary N) is 1. The average Bonchev–Trinajstić information content (AvgIpc) is 2.88. The first kappa shape index (κ1) is 12.3. The third-order valence-electron chi connectivity index (χ3n) is 3.30. The second-order valence-electron chi connectivity index (χ2n) is 4.31. The van der Waals surface area contributed by atoms with Gasteiger partial charge in [-0.25, -0.2) is 0 Å². The highest BCUT2D eigenvalue weighted by Crippen LogP contribution is 2.29. The van der Waals surface area contributed by atoms with Gasteiger partial charge in [-0.1, -0.05) is 0 Å². The van der Waals surface area contributed by atoms with Gasteiger partial charge in [0.2, 0.25) is 0 Å². The van der Waals surface area contributed by atoms with E-state index in [4.69, 9.17) is 8.92 Å². The summed E-state index contributed by atoms with van der Waals surface area (Å²) < 4.78 is 34.2. The molecule has 16 heavy (non-hydrogen) atoms. The summed E-state index contributed by atoms with van der Waals surface area (Å²) in [6, 6.07) is 0. The quantitative estimate of drug-likeness (QED) is 0.717. The van der Waals surface area contributed by atoms with Crippen LogP contribution in [0.3, 0.4) is 0 Å². The maximum atomic E-state index is 11.9. The van der Waals surface area contributed by atoms with Crippen LogP contribution in [0, 0.1) is 5.92 Å². The maximum absolute atomic E-state index is 11.9. The molecule has 0 aromatic rings. The fourth-order valence-corrected chi connectivity index (χ4v) is 4.08. The summed E-state index contributed by atoms with van der Waals surface area (Å²) in [6.45, 7) is 3.84. The standard InChI is InChI=1S/C10H19NO4S/c1-2-15-16(12,13)10-7-11-6-8(10)9-4-3-5-14-9/h8-11H,2-7H2,1H3. The van der Waals surface area contributed by atoms with E-state index < -0.39 is 15.4 Å². The molecule has 2 fully saturated rings. The molecule has 0 aliphatic carbocycles. The molecule has 0 aromatic heterocycles. The molecule has 1 N–H and O–H groups in total. The number of ether oxygens (including phenoxy) is 1. The van der Waals surface area contributed by atoms with E-state index in [-0.39, 0.29) is 18.6 Å². The van der Waals surface area contributed by atoms with Crippen LogP contribution < -0.4 is 5.32 Å². The van der Waals surface area contributed by atoms with Crippen LogP contribution in [0.15, 0.2) is 0 Å². The Morgan fingerprint density at radius 1 is 1.44 bits per heavy atom. The van der Waals surface area contributed by atoms with E-state index in [1.54, 1.807) is 6.92 Å². The molecule has 6 heteroatoms. The lowest BCUT2D eigenvalue weighted by molar-refractivity contribution is 0.0697. The Morgan fingerprint density at radius 3 is 2.88 bits per heavy atom. The van der Waals surface area contributed by atoms with E-state index in [9.17, 15) is 8.42 Å². The van der Waals surface area contributed by atoms with Crippen molar-refractivity contribution in [1.29, 1.82) is 0 Å². The summed E-state index contributed by atoms with van der Waals surface area (Å²) in [5, 5.41) is 2.68. The summed E-state index contributed by atoms with van der Waals surface area (Å²) in [5.74, 6) is 0.0408. The molecule has 94 valence electrons. The first-order valence-corrected chi connectivity index (χ1v) is 7.33. The van der Waals surface area contributed by atoms with Crippen molar-refractivity contribution in [3.05, 3.63) is 0 Å². The zero-order valence-electron chi connectivity index (χ0n) is 9.52. The third kappa shape index (κ3) is 2.40.